The number of likely N-dealkylation sites (N-methyl/N-ethyl adjacent to an activating group) is 1. The maximum absolute atomic E-state index is 10.6. The number of carboxylic acid groups (broad SMARTS) is 1. The quantitative estimate of drug-likeness (QED) is 0.605. The Morgan fingerprint density at radius 2 is 2.05 bits per heavy atom. The second-order valence-corrected chi connectivity index (χ2v) is 4.65. The fourth-order valence-electron chi connectivity index (χ4n) is 2.06. The third-order valence-corrected chi connectivity index (χ3v) is 3.37. The van der Waals surface area contributed by atoms with Crippen LogP contribution in [0.15, 0.2) is 36.0 Å². The lowest BCUT2D eigenvalue weighted by molar-refractivity contribution is -0.893. The van der Waals surface area contributed by atoms with Gasteiger partial charge in [0.1, 0.15) is 0 Å². The third-order valence-electron chi connectivity index (χ3n) is 3.37. The van der Waals surface area contributed by atoms with Crippen LogP contribution in [0.5, 0.6) is 0 Å². The van der Waals surface area contributed by atoms with Gasteiger partial charge in [-0.05, 0) is 30.7 Å². The van der Waals surface area contributed by atoms with Gasteiger partial charge in [-0.3, -0.25) is 0 Å². The molecule has 5 nitrogen and oxygen atoms in total. The van der Waals surface area contributed by atoms with E-state index in [0.29, 0.717) is 0 Å². The first-order chi connectivity index (χ1) is 9.19. The molecule has 5 heteroatoms. The number of hydrazine groups is 1. The lowest BCUT2D eigenvalue weighted by Crippen LogP contribution is -3.12. The summed E-state index contributed by atoms with van der Waals surface area (Å²) in [5, 5.41) is 10.6. The van der Waals surface area contributed by atoms with Gasteiger partial charge >= 0.3 is 0 Å². The van der Waals surface area contributed by atoms with E-state index in [4.69, 9.17) is 0 Å². The van der Waals surface area contributed by atoms with Gasteiger partial charge in [0.05, 0.1) is 31.3 Å². The molecule has 1 atom stereocenters. The molecule has 1 unspecified atom stereocenters. The molecule has 1 aromatic carbocycles. The average Bonchev–Trinajstić information content (AvgIpc) is 2.46. The van der Waals surface area contributed by atoms with Crippen LogP contribution >= 0.6 is 0 Å². The number of nitrogens with one attached hydrogen (secondary N) is 3. The monoisotopic (exact) mass is 261 g/mol. The van der Waals surface area contributed by atoms with E-state index >= 15 is 0 Å². The Balaban J connectivity index is 1.85. The van der Waals surface area contributed by atoms with E-state index in [1.54, 1.807) is 17.0 Å². The Morgan fingerprint density at radius 1 is 1.32 bits per heavy atom. The first-order valence-corrected chi connectivity index (χ1v) is 6.55. The topological polar surface area (TPSA) is 68.6 Å². The van der Waals surface area contributed by atoms with Crippen molar-refractivity contribution in [1.82, 2.24) is 5.43 Å². The number of carboxylic acids is 1. The van der Waals surface area contributed by atoms with E-state index in [9.17, 15) is 9.90 Å². The van der Waals surface area contributed by atoms with Gasteiger partial charge in [-0.2, -0.15) is 0 Å². The molecular weight excluding hydrogens is 242 g/mol. The van der Waals surface area contributed by atoms with Crippen LogP contribution in [0.1, 0.15) is 23.7 Å². The van der Waals surface area contributed by atoms with Gasteiger partial charge in [-0.25, -0.2) is 0 Å². The number of rotatable bonds is 5. The highest BCUT2D eigenvalue weighted by Gasteiger charge is 2.12. The minimum absolute atomic E-state index is 0.185. The molecule has 0 aliphatic carbocycles. The minimum atomic E-state index is -1.16. The lowest BCUT2D eigenvalue weighted by Gasteiger charge is -2.23. The molecule has 0 saturated carbocycles. The van der Waals surface area contributed by atoms with Gasteiger partial charge < -0.3 is 25.7 Å². The molecule has 0 amide bonds. The molecule has 1 aromatic rings. The number of hydrogen-bond acceptors (Lipinski definition) is 4. The van der Waals surface area contributed by atoms with Crippen molar-refractivity contribution in [1.29, 1.82) is 0 Å². The second-order valence-electron chi connectivity index (χ2n) is 4.65. The number of carbonyl (C=O) groups excluding carboxylic acids is 1. The fourth-order valence-corrected chi connectivity index (χ4v) is 2.06. The van der Waals surface area contributed by atoms with E-state index in [-0.39, 0.29) is 5.56 Å². The maximum Gasteiger partial charge on any atom is 0.0978 e. The molecule has 0 fully saturated rings. The standard InChI is InChI=1S/C14H19N3O2/c1-2-17-9-7-13(8-10-17)16-15-12-5-3-11(4-6-12)14(18)19/h3-7,15-16H,2,8-10H2,1H3,(H,18,19). The summed E-state index contributed by atoms with van der Waals surface area (Å²) in [4.78, 5) is 12.2. The number of aromatic carboxylic acids is 1. The van der Waals surface area contributed by atoms with Gasteiger partial charge in [0.2, 0.25) is 0 Å². The summed E-state index contributed by atoms with van der Waals surface area (Å²) in [6, 6.07) is 6.48. The Hall–Kier alpha value is -2.01. The minimum Gasteiger partial charge on any atom is -0.545 e. The molecule has 0 aromatic heterocycles. The molecule has 1 aliphatic heterocycles. The van der Waals surface area contributed by atoms with Gasteiger partial charge in [-0.15, -0.1) is 0 Å². The highest BCUT2D eigenvalue weighted by atomic mass is 16.4. The Bertz CT molecular complexity index is 468. The Morgan fingerprint density at radius 3 is 2.58 bits per heavy atom. The molecule has 1 aliphatic rings. The lowest BCUT2D eigenvalue weighted by atomic mass is 10.2. The van der Waals surface area contributed by atoms with E-state index in [1.165, 1.54) is 17.8 Å². The van der Waals surface area contributed by atoms with Crippen LogP contribution in [0.4, 0.5) is 5.69 Å². The van der Waals surface area contributed by atoms with E-state index in [2.05, 4.69) is 23.9 Å². The first kappa shape index (κ1) is 13.4. The van der Waals surface area contributed by atoms with Crippen LogP contribution in [-0.4, -0.2) is 25.6 Å². The summed E-state index contributed by atoms with van der Waals surface area (Å²) in [5.41, 5.74) is 8.43. The molecule has 2 rings (SSSR count). The summed E-state index contributed by atoms with van der Waals surface area (Å²) < 4.78 is 0. The van der Waals surface area contributed by atoms with Crippen molar-refractivity contribution in [2.75, 3.05) is 25.1 Å². The van der Waals surface area contributed by atoms with E-state index < -0.39 is 5.97 Å². The second kappa shape index (κ2) is 6.24. The maximum atomic E-state index is 10.6. The Labute approximate surface area is 112 Å². The van der Waals surface area contributed by atoms with Crippen LogP contribution in [-0.2, 0) is 0 Å². The van der Waals surface area contributed by atoms with E-state index in [1.807, 2.05) is 0 Å². The molecule has 0 spiro atoms. The van der Waals surface area contributed by atoms with Crippen LogP contribution in [0.2, 0.25) is 0 Å². The van der Waals surface area contributed by atoms with Crippen molar-refractivity contribution in [3.8, 4) is 0 Å². The molecule has 0 bridgehead atoms. The number of hydrogen-bond donors (Lipinski definition) is 3. The molecule has 3 N–H and O–H groups in total. The number of carbonyl (C=O) groups is 1. The fraction of sp³-hybridized carbons (Fsp3) is 0.357. The smallest absolute Gasteiger partial charge is 0.0978 e. The van der Waals surface area contributed by atoms with Gasteiger partial charge in [-0.1, -0.05) is 12.1 Å². The number of benzene rings is 1. The zero-order valence-corrected chi connectivity index (χ0v) is 11.0. The highest BCUT2D eigenvalue weighted by molar-refractivity contribution is 5.86. The van der Waals surface area contributed by atoms with Crippen molar-refractivity contribution in [3.63, 3.8) is 0 Å². The van der Waals surface area contributed by atoms with Crippen molar-refractivity contribution in [2.45, 2.75) is 13.3 Å². The summed E-state index contributed by atoms with van der Waals surface area (Å²) >= 11 is 0. The largest absolute Gasteiger partial charge is 0.545 e. The van der Waals surface area contributed by atoms with Crippen molar-refractivity contribution in [3.05, 3.63) is 41.6 Å². The third kappa shape index (κ3) is 3.72. The predicted octanol–water partition coefficient (Wildman–Crippen LogP) is -0.841. The number of quaternary nitrogens is 1. The van der Waals surface area contributed by atoms with Crippen LogP contribution < -0.4 is 20.9 Å². The van der Waals surface area contributed by atoms with Gasteiger partial charge in [0.25, 0.3) is 0 Å². The molecular formula is C14H19N3O2. The van der Waals surface area contributed by atoms with Crippen LogP contribution in [0.3, 0.4) is 0 Å². The Kier molecular flexibility index (Phi) is 4.41. The normalized spacial score (nSPS) is 18.6. The molecule has 0 radical (unpaired) electrons. The predicted molar refractivity (Wildman–Crippen MR) is 71.5 cm³/mol. The SMILES string of the molecule is CC[NH+]1CC=C(NNc2ccc(C(=O)[O-])cc2)CC1. The van der Waals surface area contributed by atoms with Crippen molar-refractivity contribution >= 4 is 11.7 Å². The van der Waals surface area contributed by atoms with Gasteiger partial charge in [0.15, 0.2) is 0 Å². The first-order valence-electron chi connectivity index (χ1n) is 6.55. The molecule has 19 heavy (non-hydrogen) atoms. The zero-order chi connectivity index (χ0) is 13.7. The summed E-state index contributed by atoms with van der Waals surface area (Å²) in [7, 11) is 0. The summed E-state index contributed by atoms with van der Waals surface area (Å²) in [6.45, 7) is 5.53. The van der Waals surface area contributed by atoms with E-state index in [0.717, 1.165) is 31.7 Å². The summed E-state index contributed by atoms with van der Waals surface area (Å²) in [6.07, 6.45) is 3.22. The number of anilines is 1. The highest BCUT2D eigenvalue weighted by Crippen LogP contribution is 2.08. The van der Waals surface area contributed by atoms with Crippen LogP contribution in [0, 0.1) is 0 Å². The van der Waals surface area contributed by atoms with Crippen molar-refractivity contribution < 1.29 is 14.8 Å². The molecule has 0 saturated heterocycles. The molecule has 1 heterocycles. The average molecular weight is 261 g/mol. The zero-order valence-electron chi connectivity index (χ0n) is 11.0. The van der Waals surface area contributed by atoms with Gasteiger partial charge in [0, 0.05) is 12.1 Å². The summed E-state index contributed by atoms with van der Waals surface area (Å²) in [5.74, 6) is -1.16. The van der Waals surface area contributed by atoms with Crippen molar-refractivity contribution in [2.24, 2.45) is 0 Å². The molecule has 102 valence electrons. The van der Waals surface area contributed by atoms with Crippen LogP contribution in [0.25, 0.3) is 0 Å².